The lowest BCUT2D eigenvalue weighted by Gasteiger charge is -2.19. The molecule has 1 fully saturated rings. The fraction of sp³-hybridized carbons (Fsp3) is 0.615. The summed E-state index contributed by atoms with van der Waals surface area (Å²) < 4.78 is 26.5. The quantitative estimate of drug-likeness (QED) is 0.806. The van der Waals surface area contributed by atoms with Crippen LogP contribution in [0.2, 0.25) is 0 Å². The molecule has 1 aliphatic heterocycles. The molecule has 0 aliphatic carbocycles. The highest BCUT2D eigenvalue weighted by Crippen LogP contribution is 2.28. The number of carbonyl (C=O) groups excluding carboxylic acids is 1. The summed E-state index contributed by atoms with van der Waals surface area (Å²) in [5, 5.41) is 1.82. The zero-order valence-electron chi connectivity index (χ0n) is 10.4. The van der Waals surface area contributed by atoms with Crippen LogP contribution in [0.3, 0.4) is 0 Å². The molecule has 0 radical (unpaired) electrons. The lowest BCUT2D eigenvalue weighted by atomic mass is 10.1. The highest BCUT2D eigenvalue weighted by atomic mass is 32.1. The number of amides is 1. The van der Waals surface area contributed by atoms with Crippen LogP contribution >= 0.6 is 11.3 Å². The molecule has 0 unspecified atom stereocenters. The second-order valence-corrected chi connectivity index (χ2v) is 5.65. The summed E-state index contributed by atoms with van der Waals surface area (Å²) >= 11 is 1.55. The number of hydrogen-bond donors (Lipinski definition) is 0. The number of carbonyl (C=O) groups is 1. The Bertz CT molecular complexity index is 430. The van der Waals surface area contributed by atoms with E-state index in [4.69, 9.17) is 0 Å². The molecule has 2 nitrogen and oxygen atoms in total. The number of likely N-dealkylation sites (tertiary alicyclic amines) is 1. The molecule has 5 heteroatoms. The summed E-state index contributed by atoms with van der Waals surface area (Å²) in [5.41, 5.74) is 0.641. The molecule has 2 heterocycles. The predicted molar refractivity (Wildman–Crippen MR) is 68.4 cm³/mol. The van der Waals surface area contributed by atoms with Gasteiger partial charge in [0.25, 0.3) is 5.91 Å². The lowest BCUT2D eigenvalue weighted by molar-refractivity contribution is -0.0125. The second-order valence-electron chi connectivity index (χ2n) is 4.66. The molecule has 1 aliphatic rings. The van der Waals surface area contributed by atoms with Gasteiger partial charge in [-0.15, -0.1) is 11.3 Å². The Hall–Kier alpha value is -0.970. The van der Waals surface area contributed by atoms with E-state index in [1.54, 1.807) is 16.2 Å². The molecule has 1 aromatic rings. The minimum Gasteiger partial charge on any atom is -0.338 e. The maximum absolute atomic E-state index is 13.2. The maximum Gasteiger partial charge on any atom is 0.254 e. The molecule has 1 saturated heterocycles. The zero-order chi connectivity index (χ0) is 13.2. The number of aryl methyl sites for hydroxylation is 1. The summed E-state index contributed by atoms with van der Waals surface area (Å²) in [4.78, 5) is 14.9. The highest BCUT2D eigenvalue weighted by molar-refractivity contribution is 7.10. The third kappa shape index (κ3) is 3.07. The largest absolute Gasteiger partial charge is 0.338 e. The van der Waals surface area contributed by atoms with E-state index in [1.807, 2.05) is 18.4 Å². The molecule has 0 N–H and O–H groups in total. The van der Waals surface area contributed by atoms with Crippen LogP contribution < -0.4 is 0 Å². The van der Waals surface area contributed by atoms with E-state index in [9.17, 15) is 13.6 Å². The molecular weight excluding hydrogens is 256 g/mol. The first-order valence-corrected chi connectivity index (χ1v) is 7.14. The molecule has 0 saturated carbocycles. The van der Waals surface area contributed by atoms with Crippen LogP contribution in [0.1, 0.15) is 41.4 Å². The minimum atomic E-state index is -2.61. The molecule has 0 atom stereocenters. The van der Waals surface area contributed by atoms with Gasteiger partial charge in [0.2, 0.25) is 5.92 Å². The molecule has 1 amide bonds. The third-order valence-corrected chi connectivity index (χ3v) is 4.34. The van der Waals surface area contributed by atoms with Gasteiger partial charge in [0.15, 0.2) is 0 Å². The van der Waals surface area contributed by atoms with E-state index in [0.29, 0.717) is 18.5 Å². The van der Waals surface area contributed by atoms with Crippen LogP contribution in [-0.2, 0) is 6.42 Å². The maximum atomic E-state index is 13.2. The summed E-state index contributed by atoms with van der Waals surface area (Å²) in [6.07, 6.45) is 0.948. The third-order valence-electron chi connectivity index (χ3n) is 3.25. The predicted octanol–water partition coefficient (Wildman–Crippen LogP) is 3.57. The number of halogens is 2. The normalized spacial score (nSPS) is 19.6. The molecule has 1 aromatic heterocycles. The fourth-order valence-corrected chi connectivity index (χ4v) is 2.94. The van der Waals surface area contributed by atoms with Crippen molar-refractivity contribution >= 4 is 17.2 Å². The van der Waals surface area contributed by atoms with E-state index in [-0.39, 0.29) is 25.3 Å². The summed E-state index contributed by atoms with van der Waals surface area (Å²) in [6.45, 7) is 2.63. The summed E-state index contributed by atoms with van der Waals surface area (Å²) in [6, 6.07) is 1.87. The Morgan fingerprint density at radius 1 is 1.44 bits per heavy atom. The van der Waals surface area contributed by atoms with Crippen LogP contribution in [0.25, 0.3) is 0 Å². The molecule has 0 aromatic carbocycles. The standard InChI is InChI=1S/C13H17F2NOS/c1-2-11-8-10(9-18-11)12(17)16-6-3-4-13(14,15)5-7-16/h8-9H,2-7H2,1H3. The molecule has 18 heavy (non-hydrogen) atoms. The first-order chi connectivity index (χ1) is 8.52. The van der Waals surface area contributed by atoms with Gasteiger partial charge in [-0.3, -0.25) is 4.79 Å². The number of rotatable bonds is 2. The summed E-state index contributed by atoms with van der Waals surface area (Å²) in [5.74, 6) is -2.72. The Morgan fingerprint density at radius 3 is 2.89 bits per heavy atom. The van der Waals surface area contributed by atoms with Crippen LogP contribution in [0.15, 0.2) is 11.4 Å². The Labute approximate surface area is 110 Å². The molecule has 100 valence electrons. The molecular formula is C13H17F2NOS. The van der Waals surface area contributed by atoms with E-state index in [0.717, 1.165) is 11.3 Å². The molecule has 0 bridgehead atoms. The Morgan fingerprint density at radius 2 is 2.22 bits per heavy atom. The van der Waals surface area contributed by atoms with E-state index >= 15 is 0 Å². The van der Waals surface area contributed by atoms with Gasteiger partial charge in [-0.25, -0.2) is 8.78 Å². The molecule has 2 rings (SSSR count). The van der Waals surface area contributed by atoms with E-state index in [2.05, 4.69) is 0 Å². The average Bonchev–Trinajstić information content (AvgIpc) is 2.74. The van der Waals surface area contributed by atoms with Crippen molar-refractivity contribution in [2.45, 2.75) is 38.5 Å². The number of nitrogens with zero attached hydrogens (tertiary/aromatic N) is 1. The van der Waals surface area contributed by atoms with Crippen molar-refractivity contribution in [2.75, 3.05) is 13.1 Å². The smallest absolute Gasteiger partial charge is 0.254 e. The average molecular weight is 273 g/mol. The SMILES string of the molecule is CCc1cc(C(=O)N2CCCC(F)(F)CC2)cs1. The number of thiophene rings is 1. The van der Waals surface area contributed by atoms with Crippen molar-refractivity contribution < 1.29 is 13.6 Å². The number of hydrogen-bond acceptors (Lipinski definition) is 2. The second kappa shape index (κ2) is 5.34. The van der Waals surface area contributed by atoms with Gasteiger partial charge in [0.05, 0.1) is 5.56 Å². The van der Waals surface area contributed by atoms with Crippen LogP contribution in [0.5, 0.6) is 0 Å². The van der Waals surface area contributed by atoms with E-state index in [1.165, 1.54) is 0 Å². The van der Waals surface area contributed by atoms with Gasteiger partial charge in [-0.1, -0.05) is 6.92 Å². The lowest BCUT2D eigenvalue weighted by Crippen LogP contribution is -2.32. The topological polar surface area (TPSA) is 20.3 Å². The van der Waals surface area contributed by atoms with Crippen molar-refractivity contribution in [3.05, 3.63) is 21.9 Å². The number of alkyl halides is 2. The van der Waals surface area contributed by atoms with Gasteiger partial charge >= 0.3 is 0 Å². The Balaban J connectivity index is 2.05. The van der Waals surface area contributed by atoms with Gasteiger partial charge in [0.1, 0.15) is 0 Å². The first-order valence-electron chi connectivity index (χ1n) is 6.26. The van der Waals surface area contributed by atoms with Crippen molar-refractivity contribution in [3.63, 3.8) is 0 Å². The van der Waals surface area contributed by atoms with Crippen molar-refractivity contribution in [2.24, 2.45) is 0 Å². The van der Waals surface area contributed by atoms with Crippen LogP contribution in [0, 0.1) is 0 Å². The van der Waals surface area contributed by atoms with Gasteiger partial charge in [-0.05, 0) is 18.9 Å². The van der Waals surface area contributed by atoms with Gasteiger partial charge < -0.3 is 4.90 Å². The van der Waals surface area contributed by atoms with Crippen LogP contribution in [0.4, 0.5) is 8.78 Å². The Kier molecular flexibility index (Phi) is 4.00. The fourth-order valence-electron chi connectivity index (χ4n) is 2.13. The van der Waals surface area contributed by atoms with Crippen molar-refractivity contribution in [3.8, 4) is 0 Å². The van der Waals surface area contributed by atoms with Crippen LogP contribution in [-0.4, -0.2) is 29.8 Å². The van der Waals surface area contributed by atoms with E-state index < -0.39 is 5.92 Å². The zero-order valence-corrected chi connectivity index (χ0v) is 11.2. The molecule has 0 spiro atoms. The van der Waals surface area contributed by atoms with Crippen molar-refractivity contribution in [1.29, 1.82) is 0 Å². The van der Waals surface area contributed by atoms with Crippen molar-refractivity contribution in [1.82, 2.24) is 4.90 Å². The first kappa shape index (κ1) is 13.5. The highest BCUT2D eigenvalue weighted by Gasteiger charge is 2.33. The van der Waals surface area contributed by atoms with Gasteiger partial charge in [-0.2, -0.15) is 0 Å². The monoisotopic (exact) mass is 273 g/mol. The minimum absolute atomic E-state index is 0.108. The summed E-state index contributed by atoms with van der Waals surface area (Å²) in [7, 11) is 0. The van der Waals surface area contributed by atoms with Gasteiger partial charge in [0, 0.05) is 36.2 Å².